The van der Waals surface area contributed by atoms with E-state index in [4.69, 9.17) is 15.0 Å². The molecule has 4 unspecified atom stereocenters. The molecule has 2 N–H and O–H groups in total. The Morgan fingerprint density at radius 3 is 2.37 bits per heavy atom. The second-order valence-electron chi connectivity index (χ2n) is 16.2. The average molecular weight is 704 g/mol. The van der Waals surface area contributed by atoms with Crippen LogP contribution in [0.4, 0.5) is 0 Å². The Hall–Kier alpha value is -4.18. The molecule has 9 nitrogen and oxygen atoms in total. The van der Waals surface area contributed by atoms with Crippen LogP contribution in [0.15, 0.2) is 54.9 Å². The van der Waals surface area contributed by atoms with Gasteiger partial charge >= 0.3 is 0 Å². The Morgan fingerprint density at radius 1 is 0.902 bits per heavy atom. The topological polar surface area (TPSA) is 111 Å². The Kier molecular flexibility index (Phi) is 8.32. The zero-order valence-corrected chi connectivity index (χ0v) is 31.6. The Bertz CT molecular complexity index is 2150. The zero-order valence-electron chi connectivity index (χ0n) is 30.8. The number of carbonyl (C=O) groups is 2. The maximum absolute atomic E-state index is 13.6. The highest BCUT2D eigenvalue weighted by atomic mass is 32.2. The van der Waals surface area contributed by atoms with Crippen LogP contribution in [-0.2, 0) is 14.3 Å². The fraction of sp³-hybridized carbons (Fsp3) is 0.488. The second-order valence-corrected chi connectivity index (χ2v) is 17.6. The van der Waals surface area contributed by atoms with Crippen LogP contribution in [0.25, 0.3) is 44.3 Å². The van der Waals surface area contributed by atoms with Crippen molar-refractivity contribution in [3.05, 3.63) is 66.5 Å². The number of hydrogen-bond donors (Lipinski definition) is 2. The number of imidazole rings is 2. The molecule has 2 amide bonds. The number of likely N-dealkylation sites (tertiary alicyclic amines) is 2. The lowest BCUT2D eigenvalue weighted by molar-refractivity contribution is -0.144. The summed E-state index contributed by atoms with van der Waals surface area (Å²) in [6.07, 6.45) is 7.70. The average Bonchev–Trinajstić information content (AvgIpc) is 3.50. The van der Waals surface area contributed by atoms with Gasteiger partial charge in [0.25, 0.3) is 0 Å². The van der Waals surface area contributed by atoms with E-state index in [1.54, 1.807) is 0 Å². The van der Waals surface area contributed by atoms with Crippen LogP contribution < -0.4 is 0 Å². The molecule has 3 saturated heterocycles. The van der Waals surface area contributed by atoms with Crippen LogP contribution in [0, 0.1) is 23.2 Å². The summed E-state index contributed by atoms with van der Waals surface area (Å²) in [5.74, 6) is 2.87. The van der Waals surface area contributed by atoms with Gasteiger partial charge in [0.1, 0.15) is 21.8 Å². The summed E-state index contributed by atoms with van der Waals surface area (Å²) < 4.78 is -0.170. The molecule has 0 saturated carbocycles. The first-order valence-electron chi connectivity index (χ1n) is 18.6. The number of pyridine rings is 1. The molecule has 3 fully saturated rings. The lowest BCUT2D eigenvalue weighted by atomic mass is 9.79. The molecule has 3 aliphatic rings. The summed E-state index contributed by atoms with van der Waals surface area (Å²) in [6, 6.07) is 15.0. The fourth-order valence-corrected chi connectivity index (χ4v) is 9.25. The molecule has 0 radical (unpaired) electrons. The maximum atomic E-state index is 13.6. The number of piperidine rings is 1. The summed E-state index contributed by atoms with van der Waals surface area (Å²) in [6.45, 7) is 16.3. The van der Waals surface area contributed by atoms with E-state index in [0.717, 1.165) is 94.7 Å². The number of fused-ring (bicyclic) bond motifs is 3. The Labute approximate surface area is 304 Å². The molecule has 51 heavy (non-hydrogen) atoms. The molecule has 10 heteroatoms. The van der Waals surface area contributed by atoms with Crippen molar-refractivity contribution in [3.8, 4) is 22.5 Å². The van der Waals surface area contributed by atoms with Crippen molar-refractivity contribution >= 4 is 45.4 Å². The van der Waals surface area contributed by atoms with Crippen LogP contribution >= 0.6 is 11.8 Å². The molecule has 3 aliphatic heterocycles. The van der Waals surface area contributed by atoms with Crippen LogP contribution in [0.1, 0.15) is 91.8 Å². The van der Waals surface area contributed by atoms with Crippen LogP contribution in [0.3, 0.4) is 0 Å². The number of hydrogen-bond acceptors (Lipinski definition) is 6. The van der Waals surface area contributed by atoms with E-state index in [1.165, 1.54) is 0 Å². The van der Waals surface area contributed by atoms with Gasteiger partial charge in [-0.15, -0.1) is 11.8 Å². The fourth-order valence-electron chi connectivity index (χ4n) is 7.76. The first-order valence-corrected chi connectivity index (χ1v) is 19.5. The SMILES string of the molecule is CC(C)C(C)C(=O)N1CCCC1c1ncc(-c2ccc3cc(-c4cc5nc(C67CCCN(C(=O)C(C)(C)C(C)C)C6S7)[nH]c5cn4)ccc3c2)[nH]1. The van der Waals surface area contributed by atoms with Crippen molar-refractivity contribution in [1.82, 2.24) is 34.7 Å². The van der Waals surface area contributed by atoms with E-state index in [2.05, 4.69) is 98.9 Å². The molecule has 266 valence electrons. The second kappa shape index (κ2) is 12.5. The standard InChI is InChI=1S/C41H49N7O2S/c1-23(2)25(5)36(49)47-16-8-10-34(47)35-43-21-32(44-35)29-14-12-26-18-28(13-11-27(26)19-29)30-20-31-33(22-42-30)46-37(45-31)41-15-9-17-48(39(41)51-41)38(50)40(6,7)24(3)4/h11-14,18-25,34,39H,8-10,15-17H2,1-7H3,(H,43,44)(H,45,46). The number of rotatable bonds is 8. The largest absolute Gasteiger partial charge is 0.340 e. The third-order valence-corrected chi connectivity index (χ3v) is 13.9. The highest BCUT2D eigenvalue weighted by Crippen LogP contribution is 2.66. The van der Waals surface area contributed by atoms with E-state index in [9.17, 15) is 9.59 Å². The molecule has 4 atom stereocenters. The van der Waals surface area contributed by atoms with Gasteiger partial charge in [0, 0.05) is 35.5 Å². The van der Waals surface area contributed by atoms with E-state index < -0.39 is 5.41 Å². The van der Waals surface area contributed by atoms with Gasteiger partial charge in [-0.25, -0.2) is 9.97 Å². The van der Waals surface area contributed by atoms with Gasteiger partial charge < -0.3 is 19.8 Å². The summed E-state index contributed by atoms with van der Waals surface area (Å²) >= 11 is 1.86. The molecular formula is C41H49N7O2S. The number of nitrogens with zero attached hydrogens (tertiary/aromatic N) is 5. The van der Waals surface area contributed by atoms with Crippen molar-refractivity contribution < 1.29 is 9.59 Å². The molecule has 2 aromatic carbocycles. The number of aromatic amines is 2. The molecule has 8 rings (SSSR count). The van der Waals surface area contributed by atoms with Crippen molar-refractivity contribution in [3.63, 3.8) is 0 Å². The van der Waals surface area contributed by atoms with E-state index in [-0.39, 0.29) is 39.8 Å². The quantitative estimate of drug-likeness (QED) is 0.157. The molecule has 6 heterocycles. The monoisotopic (exact) mass is 703 g/mol. The maximum Gasteiger partial charge on any atom is 0.229 e. The first-order chi connectivity index (χ1) is 24.4. The molecule has 0 spiro atoms. The highest BCUT2D eigenvalue weighted by Gasteiger charge is 2.65. The third kappa shape index (κ3) is 5.74. The lowest BCUT2D eigenvalue weighted by Crippen LogP contribution is -2.49. The van der Waals surface area contributed by atoms with Crippen LogP contribution in [0.2, 0.25) is 0 Å². The molecule has 0 bridgehead atoms. The van der Waals surface area contributed by atoms with Crippen LogP contribution in [-0.4, -0.2) is 65.0 Å². The first kappa shape index (κ1) is 33.9. The number of benzene rings is 2. The minimum Gasteiger partial charge on any atom is -0.340 e. The smallest absolute Gasteiger partial charge is 0.229 e. The molecule has 3 aromatic heterocycles. The minimum absolute atomic E-state index is 0.00121. The summed E-state index contributed by atoms with van der Waals surface area (Å²) in [7, 11) is 0. The van der Waals surface area contributed by atoms with Crippen molar-refractivity contribution in [2.24, 2.45) is 23.2 Å². The summed E-state index contributed by atoms with van der Waals surface area (Å²) in [5.41, 5.74) is 5.36. The highest BCUT2D eigenvalue weighted by molar-refractivity contribution is 8.08. The number of carbonyl (C=O) groups excluding carboxylic acids is 2. The van der Waals surface area contributed by atoms with Gasteiger partial charge in [-0.05, 0) is 66.5 Å². The van der Waals surface area contributed by atoms with Gasteiger partial charge in [-0.3, -0.25) is 14.6 Å². The van der Waals surface area contributed by atoms with E-state index in [1.807, 2.05) is 36.0 Å². The number of nitrogens with one attached hydrogen (secondary N) is 2. The Balaban J connectivity index is 1.01. The predicted molar refractivity (Wildman–Crippen MR) is 205 cm³/mol. The van der Waals surface area contributed by atoms with Gasteiger partial charge in [0.2, 0.25) is 11.8 Å². The van der Waals surface area contributed by atoms with Crippen molar-refractivity contribution in [2.45, 2.75) is 90.3 Å². The van der Waals surface area contributed by atoms with Crippen LogP contribution in [0.5, 0.6) is 0 Å². The zero-order chi connectivity index (χ0) is 35.8. The number of H-pyrrole nitrogens is 2. The predicted octanol–water partition coefficient (Wildman–Crippen LogP) is 8.70. The summed E-state index contributed by atoms with van der Waals surface area (Å²) in [5, 5.41) is 2.39. The Morgan fingerprint density at radius 2 is 1.63 bits per heavy atom. The molecular weight excluding hydrogens is 655 g/mol. The van der Waals surface area contributed by atoms with Gasteiger partial charge in [-0.1, -0.05) is 72.7 Å². The third-order valence-electron chi connectivity index (χ3n) is 12.2. The van der Waals surface area contributed by atoms with Crippen molar-refractivity contribution in [2.75, 3.05) is 13.1 Å². The van der Waals surface area contributed by atoms with E-state index >= 15 is 0 Å². The number of aromatic nitrogens is 5. The number of amides is 2. The minimum atomic E-state index is -0.394. The van der Waals surface area contributed by atoms with Crippen molar-refractivity contribution in [1.29, 1.82) is 0 Å². The van der Waals surface area contributed by atoms with Gasteiger partial charge in [0.15, 0.2) is 0 Å². The van der Waals surface area contributed by atoms with Gasteiger partial charge in [0.05, 0.1) is 40.9 Å². The van der Waals surface area contributed by atoms with E-state index in [0.29, 0.717) is 5.92 Å². The molecule has 5 aromatic rings. The lowest BCUT2D eigenvalue weighted by Gasteiger charge is -2.37. The normalized spacial score (nSPS) is 22.7. The summed E-state index contributed by atoms with van der Waals surface area (Å²) in [4.78, 5) is 52.8. The number of thioether (sulfide) groups is 1. The molecule has 0 aliphatic carbocycles. The van der Waals surface area contributed by atoms with Gasteiger partial charge in [-0.2, -0.15) is 0 Å².